The fraction of sp³-hybridized carbons (Fsp3) is 0.600. The zero-order valence-electron chi connectivity index (χ0n) is 22.0. The van der Waals surface area contributed by atoms with E-state index in [1.807, 2.05) is 60.7 Å². The molecule has 0 amide bonds. The van der Waals surface area contributed by atoms with Crippen LogP contribution in [0.15, 0.2) is 60.7 Å². The van der Waals surface area contributed by atoms with Crippen molar-refractivity contribution in [1.29, 1.82) is 0 Å². The van der Waals surface area contributed by atoms with Gasteiger partial charge in [0.25, 0.3) is 0 Å². The SMILES string of the molecule is CCCCCCCCCOC(CC)CCCCCCOP(Oc1ccccc1)Oc1ccccc1. The van der Waals surface area contributed by atoms with Crippen LogP contribution in [0.25, 0.3) is 0 Å². The van der Waals surface area contributed by atoms with Crippen LogP contribution < -0.4 is 9.05 Å². The van der Waals surface area contributed by atoms with Gasteiger partial charge in [-0.2, -0.15) is 0 Å². The van der Waals surface area contributed by atoms with E-state index < -0.39 is 8.60 Å². The average molecular weight is 503 g/mol. The molecule has 0 saturated carbocycles. The van der Waals surface area contributed by atoms with Gasteiger partial charge in [0.1, 0.15) is 11.5 Å². The Bertz CT molecular complexity index is 671. The Labute approximate surface area is 215 Å². The molecule has 0 bridgehead atoms. The summed E-state index contributed by atoms with van der Waals surface area (Å²) >= 11 is 0. The van der Waals surface area contributed by atoms with Gasteiger partial charge in [0.15, 0.2) is 0 Å². The van der Waals surface area contributed by atoms with E-state index in [1.165, 1.54) is 57.8 Å². The van der Waals surface area contributed by atoms with Gasteiger partial charge in [-0.1, -0.05) is 108 Å². The highest BCUT2D eigenvalue weighted by Gasteiger charge is 2.17. The summed E-state index contributed by atoms with van der Waals surface area (Å²) in [6, 6.07) is 19.4. The molecular weight excluding hydrogens is 455 g/mol. The second-order valence-electron chi connectivity index (χ2n) is 9.09. The highest BCUT2D eigenvalue weighted by Crippen LogP contribution is 2.41. The van der Waals surface area contributed by atoms with Crippen molar-refractivity contribution in [2.75, 3.05) is 13.2 Å². The van der Waals surface area contributed by atoms with E-state index in [9.17, 15) is 0 Å². The molecule has 0 aromatic heterocycles. The minimum absolute atomic E-state index is 0.415. The summed E-state index contributed by atoms with van der Waals surface area (Å²) in [6.07, 6.45) is 16.6. The molecule has 0 saturated heterocycles. The number of ether oxygens (including phenoxy) is 1. The lowest BCUT2D eigenvalue weighted by molar-refractivity contribution is 0.0406. The predicted molar refractivity (Wildman–Crippen MR) is 148 cm³/mol. The Kier molecular flexibility index (Phi) is 17.4. The zero-order valence-corrected chi connectivity index (χ0v) is 22.9. The lowest BCUT2D eigenvalue weighted by Crippen LogP contribution is -2.12. The molecule has 4 nitrogen and oxygen atoms in total. The van der Waals surface area contributed by atoms with E-state index in [-0.39, 0.29) is 0 Å². The molecular formula is C30H47O4P. The molecule has 2 aromatic rings. The zero-order chi connectivity index (χ0) is 24.8. The van der Waals surface area contributed by atoms with Gasteiger partial charge in [-0.05, 0) is 49.9 Å². The van der Waals surface area contributed by atoms with Crippen molar-refractivity contribution >= 4 is 8.60 Å². The van der Waals surface area contributed by atoms with Crippen molar-refractivity contribution in [2.24, 2.45) is 0 Å². The van der Waals surface area contributed by atoms with Crippen LogP contribution in [-0.4, -0.2) is 19.3 Å². The standard InChI is InChI=1S/C30H47O4P/c1-3-5-6-7-8-10-19-26-31-28(4-2)21-14-9-11-20-27-32-35(33-29-22-15-12-16-23-29)34-30-24-17-13-18-25-30/h12-13,15-18,22-25,28H,3-11,14,19-21,26-27H2,1-2H3. The van der Waals surface area contributed by atoms with Crippen LogP contribution >= 0.6 is 8.60 Å². The molecule has 1 atom stereocenters. The van der Waals surface area contributed by atoms with E-state index in [2.05, 4.69) is 13.8 Å². The molecule has 2 rings (SSSR count). The molecule has 1 unspecified atom stereocenters. The van der Waals surface area contributed by atoms with Crippen LogP contribution in [-0.2, 0) is 9.26 Å². The lowest BCUT2D eigenvalue weighted by Gasteiger charge is -2.18. The van der Waals surface area contributed by atoms with Gasteiger partial charge >= 0.3 is 8.60 Å². The van der Waals surface area contributed by atoms with E-state index in [0.717, 1.165) is 43.8 Å². The minimum Gasteiger partial charge on any atom is -0.418 e. The van der Waals surface area contributed by atoms with Crippen LogP contribution in [0.2, 0.25) is 0 Å². The maximum atomic E-state index is 6.14. The number of rotatable bonds is 22. The van der Waals surface area contributed by atoms with Crippen molar-refractivity contribution < 1.29 is 18.3 Å². The molecule has 196 valence electrons. The molecule has 0 heterocycles. The number of hydrogen-bond acceptors (Lipinski definition) is 4. The molecule has 5 heteroatoms. The first-order valence-corrected chi connectivity index (χ1v) is 14.9. The number of benzene rings is 2. The Balaban J connectivity index is 1.55. The third-order valence-corrected chi connectivity index (χ3v) is 7.13. The van der Waals surface area contributed by atoms with Crippen LogP contribution in [0, 0.1) is 0 Å². The van der Waals surface area contributed by atoms with E-state index in [0.29, 0.717) is 12.7 Å². The summed E-state index contributed by atoms with van der Waals surface area (Å²) in [4.78, 5) is 0. The molecule has 35 heavy (non-hydrogen) atoms. The van der Waals surface area contributed by atoms with Gasteiger partial charge in [-0.3, -0.25) is 4.52 Å². The number of unbranched alkanes of at least 4 members (excludes halogenated alkanes) is 9. The van der Waals surface area contributed by atoms with Crippen molar-refractivity contribution in [3.63, 3.8) is 0 Å². The summed E-state index contributed by atoms with van der Waals surface area (Å²) in [5, 5.41) is 0. The monoisotopic (exact) mass is 502 g/mol. The fourth-order valence-electron chi connectivity index (χ4n) is 3.89. The van der Waals surface area contributed by atoms with Crippen LogP contribution in [0.5, 0.6) is 11.5 Å². The highest BCUT2D eigenvalue weighted by molar-refractivity contribution is 7.42. The summed E-state index contributed by atoms with van der Waals surface area (Å²) in [5.74, 6) is 1.52. The van der Waals surface area contributed by atoms with E-state index in [1.54, 1.807) is 0 Å². The summed E-state index contributed by atoms with van der Waals surface area (Å²) in [7, 11) is -1.49. The molecule has 0 aliphatic rings. The smallest absolute Gasteiger partial charge is 0.418 e. The first kappa shape index (κ1) is 29.6. The number of para-hydroxylation sites is 2. The Morgan fingerprint density at radius 3 is 1.69 bits per heavy atom. The molecule has 0 aliphatic heterocycles. The van der Waals surface area contributed by atoms with Crippen molar-refractivity contribution in [3.8, 4) is 11.5 Å². The maximum Gasteiger partial charge on any atom is 0.463 e. The lowest BCUT2D eigenvalue weighted by atomic mass is 10.1. The molecule has 0 fully saturated rings. The topological polar surface area (TPSA) is 36.9 Å². The average Bonchev–Trinajstić information content (AvgIpc) is 2.89. The molecule has 0 aliphatic carbocycles. The van der Waals surface area contributed by atoms with E-state index >= 15 is 0 Å². The van der Waals surface area contributed by atoms with Crippen LogP contribution in [0.3, 0.4) is 0 Å². The third-order valence-electron chi connectivity index (χ3n) is 6.02. The Hall–Kier alpha value is -1.61. The highest BCUT2D eigenvalue weighted by atomic mass is 31.2. The van der Waals surface area contributed by atoms with Crippen molar-refractivity contribution in [1.82, 2.24) is 0 Å². The predicted octanol–water partition coefficient (Wildman–Crippen LogP) is 9.88. The first-order chi connectivity index (χ1) is 17.3. The largest absolute Gasteiger partial charge is 0.463 e. The number of hydrogen-bond donors (Lipinski definition) is 0. The fourth-order valence-corrected chi connectivity index (χ4v) is 4.90. The van der Waals surface area contributed by atoms with Crippen LogP contribution in [0.1, 0.15) is 97.3 Å². The normalized spacial score (nSPS) is 12.1. The second-order valence-corrected chi connectivity index (χ2v) is 10.2. The quantitative estimate of drug-likeness (QED) is 0.119. The van der Waals surface area contributed by atoms with Gasteiger partial charge in [0.2, 0.25) is 0 Å². The van der Waals surface area contributed by atoms with Gasteiger partial charge in [0, 0.05) is 6.61 Å². The van der Waals surface area contributed by atoms with Gasteiger partial charge in [-0.25, -0.2) is 0 Å². The summed E-state index contributed by atoms with van der Waals surface area (Å²) < 4.78 is 24.1. The molecule has 0 radical (unpaired) electrons. The Morgan fingerprint density at radius 1 is 0.600 bits per heavy atom. The van der Waals surface area contributed by atoms with Crippen LogP contribution in [0.4, 0.5) is 0 Å². The summed E-state index contributed by atoms with van der Waals surface area (Å²) in [6.45, 7) is 6.07. The van der Waals surface area contributed by atoms with Crippen molar-refractivity contribution in [3.05, 3.63) is 60.7 Å². The third kappa shape index (κ3) is 15.2. The molecule has 0 spiro atoms. The Morgan fingerprint density at radius 2 is 1.11 bits per heavy atom. The summed E-state index contributed by atoms with van der Waals surface area (Å²) in [5.41, 5.74) is 0. The van der Waals surface area contributed by atoms with Gasteiger partial charge < -0.3 is 13.8 Å². The first-order valence-electron chi connectivity index (χ1n) is 13.8. The minimum atomic E-state index is -1.49. The van der Waals surface area contributed by atoms with Crippen molar-refractivity contribution in [2.45, 2.75) is 103 Å². The maximum absolute atomic E-state index is 6.14. The molecule has 2 aromatic carbocycles. The second kappa shape index (κ2) is 20.6. The van der Waals surface area contributed by atoms with Gasteiger partial charge in [0.05, 0.1) is 12.7 Å². The van der Waals surface area contributed by atoms with Gasteiger partial charge in [-0.15, -0.1) is 0 Å². The van der Waals surface area contributed by atoms with E-state index in [4.69, 9.17) is 18.3 Å². The molecule has 0 N–H and O–H groups in total.